The van der Waals surface area contributed by atoms with Crippen molar-refractivity contribution in [3.05, 3.63) is 100 Å². The van der Waals surface area contributed by atoms with Crippen LogP contribution in [-0.4, -0.2) is 27.1 Å². The Balaban J connectivity index is 1.55. The number of aryl methyl sites for hydroxylation is 2. The molecule has 5 rings (SSSR count). The summed E-state index contributed by atoms with van der Waals surface area (Å²) in [6.45, 7) is 4.34. The zero-order valence-corrected chi connectivity index (χ0v) is 19.9. The molecule has 0 saturated heterocycles. The van der Waals surface area contributed by atoms with Crippen molar-refractivity contribution in [1.82, 2.24) is 14.1 Å². The van der Waals surface area contributed by atoms with Crippen LogP contribution in [0.1, 0.15) is 16.7 Å². The number of benzene rings is 3. The summed E-state index contributed by atoms with van der Waals surface area (Å²) >= 11 is 0. The van der Waals surface area contributed by atoms with Crippen LogP contribution >= 0.6 is 0 Å². The van der Waals surface area contributed by atoms with Gasteiger partial charge in [-0.25, -0.2) is 4.98 Å². The Morgan fingerprint density at radius 1 is 1.03 bits per heavy atom. The van der Waals surface area contributed by atoms with Gasteiger partial charge in [0.05, 0.1) is 25.5 Å². The Labute approximate surface area is 202 Å². The molecule has 1 N–H and O–H groups in total. The van der Waals surface area contributed by atoms with E-state index in [2.05, 4.69) is 10.3 Å². The second-order valence-electron chi connectivity index (χ2n) is 8.69. The van der Waals surface area contributed by atoms with Crippen LogP contribution in [0.3, 0.4) is 0 Å². The number of methoxy groups -OCH3 is 1. The Hall–Kier alpha value is -4.39. The van der Waals surface area contributed by atoms with Gasteiger partial charge >= 0.3 is 0 Å². The topological polar surface area (TPSA) is 78.2 Å². The fourth-order valence-electron chi connectivity index (χ4n) is 4.44. The number of anilines is 1. The number of hydrogen-bond acceptors (Lipinski definition) is 4. The molecule has 2 heterocycles. The van der Waals surface area contributed by atoms with Crippen LogP contribution in [0.5, 0.6) is 5.75 Å². The lowest BCUT2D eigenvalue weighted by molar-refractivity contribution is -0.116. The third kappa shape index (κ3) is 4.28. The lowest BCUT2D eigenvalue weighted by atomic mass is 10.1. The van der Waals surface area contributed by atoms with E-state index in [9.17, 15) is 9.59 Å². The summed E-state index contributed by atoms with van der Waals surface area (Å²) in [5.41, 5.74) is 5.44. The van der Waals surface area contributed by atoms with Gasteiger partial charge in [-0.1, -0.05) is 48.0 Å². The average molecular weight is 467 g/mol. The minimum Gasteiger partial charge on any atom is -0.497 e. The molecular weight excluding hydrogens is 440 g/mol. The number of hydrogen-bond donors (Lipinski definition) is 1. The lowest BCUT2D eigenvalue weighted by Crippen LogP contribution is -2.25. The van der Waals surface area contributed by atoms with Crippen LogP contribution in [0, 0.1) is 13.8 Å². The van der Waals surface area contributed by atoms with Gasteiger partial charge in [0.1, 0.15) is 23.3 Å². The monoisotopic (exact) mass is 466 g/mol. The third-order valence-corrected chi connectivity index (χ3v) is 6.20. The van der Waals surface area contributed by atoms with Crippen molar-refractivity contribution >= 4 is 33.5 Å². The Morgan fingerprint density at radius 3 is 2.54 bits per heavy atom. The molecule has 0 unspecified atom stereocenters. The predicted molar refractivity (Wildman–Crippen MR) is 138 cm³/mol. The Kier molecular flexibility index (Phi) is 5.82. The van der Waals surface area contributed by atoms with E-state index in [4.69, 9.17) is 4.74 Å². The maximum absolute atomic E-state index is 13.6. The molecule has 0 aliphatic rings. The Bertz CT molecular complexity index is 1610. The molecule has 0 atom stereocenters. The predicted octanol–water partition coefficient (Wildman–Crippen LogP) is 4.66. The quantitative estimate of drug-likeness (QED) is 0.395. The molecule has 0 bridgehead atoms. The van der Waals surface area contributed by atoms with Crippen LogP contribution in [0.4, 0.5) is 5.69 Å². The number of rotatable bonds is 6. The van der Waals surface area contributed by atoms with E-state index in [1.807, 2.05) is 80.6 Å². The van der Waals surface area contributed by atoms with Crippen molar-refractivity contribution in [2.45, 2.75) is 26.9 Å². The molecule has 35 heavy (non-hydrogen) atoms. The van der Waals surface area contributed by atoms with Gasteiger partial charge in [-0.2, -0.15) is 0 Å². The summed E-state index contributed by atoms with van der Waals surface area (Å²) in [7, 11) is 1.62. The molecule has 3 aromatic carbocycles. The van der Waals surface area contributed by atoms with Crippen molar-refractivity contribution in [3.8, 4) is 5.75 Å². The summed E-state index contributed by atoms with van der Waals surface area (Å²) in [4.78, 5) is 31.3. The summed E-state index contributed by atoms with van der Waals surface area (Å²) in [5, 5.41) is 3.83. The molecule has 7 heteroatoms. The van der Waals surface area contributed by atoms with Crippen molar-refractivity contribution in [2.75, 3.05) is 12.4 Å². The van der Waals surface area contributed by atoms with Crippen LogP contribution < -0.4 is 15.6 Å². The standard InChI is InChI=1S/C28H26N4O3/c1-18-8-13-23(19(2)14-18)30-25(33)16-32-24-7-5-4-6-22(24)26-27(32)28(34)31(17-29-26)15-20-9-11-21(35-3)12-10-20/h4-14,17H,15-16H2,1-3H3,(H,30,33). The molecular formula is C28H26N4O3. The molecule has 0 aliphatic carbocycles. The van der Waals surface area contributed by atoms with E-state index in [0.717, 1.165) is 39.0 Å². The fraction of sp³-hybridized carbons (Fsp3) is 0.179. The van der Waals surface area contributed by atoms with Crippen molar-refractivity contribution in [3.63, 3.8) is 0 Å². The van der Waals surface area contributed by atoms with Gasteiger partial charge in [-0.05, 0) is 49.2 Å². The maximum Gasteiger partial charge on any atom is 0.278 e. The second kappa shape index (κ2) is 9.10. The molecule has 176 valence electrons. The number of amides is 1. The van der Waals surface area contributed by atoms with Crippen LogP contribution in [0.25, 0.3) is 21.9 Å². The van der Waals surface area contributed by atoms with Gasteiger partial charge < -0.3 is 14.6 Å². The number of ether oxygens (including phenoxy) is 1. The number of fused-ring (bicyclic) bond motifs is 3. The minimum atomic E-state index is -0.204. The molecule has 5 aromatic rings. The van der Waals surface area contributed by atoms with Crippen molar-refractivity contribution in [1.29, 1.82) is 0 Å². The number of carbonyl (C=O) groups is 1. The average Bonchev–Trinajstić information content (AvgIpc) is 3.17. The van der Waals surface area contributed by atoms with Crippen LogP contribution in [0.2, 0.25) is 0 Å². The second-order valence-corrected chi connectivity index (χ2v) is 8.69. The largest absolute Gasteiger partial charge is 0.497 e. The van der Waals surface area contributed by atoms with Gasteiger partial charge in [-0.3, -0.25) is 14.2 Å². The first-order valence-corrected chi connectivity index (χ1v) is 11.4. The first kappa shape index (κ1) is 22.4. The molecule has 0 fully saturated rings. The SMILES string of the molecule is COc1ccc(Cn2cnc3c4ccccc4n(CC(=O)Nc4ccc(C)cc4C)c3c2=O)cc1. The van der Waals surface area contributed by atoms with E-state index in [1.165, 1.54) is 0 Å². The first-order chi connectivity index (χ1) is 16.9. The van der Waals surface area contributed by atoms with E-state index < -0.39 is 0 Å². The summed E-state index contributed by atoms with van der Waals surface area (Å²) < 4.78 is 8.56. The Morgan fingerprint density at radius 2 is 1.80 bits per heavy atom. The van der Waals surface area contributed by atoms with E-state index >= 15 is 0 Å². The van der Waals surface area contributed by atoms with Crippen LogP contribution in [0.15, 0.2) is 77.9 Å². The number of aromatic nitrogens is 3. The molecule has 1 amide bonds. The highest BCUT2D eigenvalue weighted by Crippen LogP contribution is 2.26. The molecule has 2 aromatic heterocycles. The number of carbonyl (C=O) groups excluding carboxylic acids is 1. The molecule has 0 spiro atoms. The highest BCUT2D eigenvalue weighted by atomic mass is 16.5. The van der Waals surface area contributed by atoms with Crippen LogP contribution in [-0.2, 0) is 17.9 Å². The van der Waals surface area contributed by atoms with Crippen molar-refractivity contribution < 1.29 is 9.53 Å². The van der Waals surface area contributed by atoms with Crippen molar-refractivity contribution in [2.24, 2.45) is 0 Å². The molecule has 7 nitrogen and oxygen atoms in total. The molecule has 0 saturated carbocycles. The van der Waals surface area contributed by atoms with Gasteiger partial charge in [0, 0.05) is 11.1 Å². The zero-order valence-electron chi connectivity index (χ0n) is 19.9. The lowest BCUT2D eigenvalue weighted by Gasteiger charge is -2.12. The minimum absolute atomic E-state index is 0.000793. The maximum atomic E-state index is 13.6. The summed E-state index contributed by atoms with van der Waals surface area (Å²) in [6, 6.07) is 21.1. The van der Waals surface area contributed by atoms with Gasteiger partial charge in [0.15, 0.2) is 0 Å². The third-order valence-electron chi connectivity index (χ3n) is 6.20. The normalized spacial score (nSPS) is 11.2. The zero-order chi connectivity index (χ0) is 24.5. The molecule has 0 radical (unpaired) electrons. The highest BCUT2D eigenvalue weighted by molar-refractivity contribution is 6.06. The van der Waals surface area contributed by atoms with E-state index in [0.29, 0.717) is 17.6 Å². The number of nitrogens with one attached hydrogen (secondary N) is 1. The first-order valence-electron chi connectivity index (χ1n) is 11.4. The highest BCUT2D eigenvalue weighted by Gasteiger charge is 2.18. The number of para-hydroxylation sites is 1. The summed E-state index contributed by atoms with van der Waals surface area (Å²) in [5.74, 6) is 0.550. The smallest absolute Gasteiger partial charge is 0.278 e. The van der Waals surface area contributed by atoms with E-state index in [1.54, 1.807) is 22.6 Å². The van der Waals surface area contributed by atoms with E-state index in [-0.39, 0.29) is 18.0 Å². The molecule has 0 aliphatic heterocycles. The van der Waals surface area contributed by atoms with Gasteiger partial charge in [0.2, 0.25) is 5.91 Å². The summed E-state index contributed by atoms with van der Waals surface area (Å²) in [6.07, 6.45) is 1.57. The number of nitrogens with zero attached hydrogens (tertiary/aromatic N) is 3. The van der Waals surface area contributed by atoms with Gasteiger partial charge in [-0.15, -0.1) is 0 Å². The van der Waals surface area contributed by atoms with Gasteiger partial charge in [0.25, 0.3) is 5.56 Å². The fourth-order valence-corrected chi connectivity index (χ4v) is 4.44.